The molecule has 0 saturated carbocycles. The zero-order chi connectivity index (χ0) is 23.1. The van der Waals surface area contributed by atoms with Crippen LogP contribution in [0.25, 0.3) is 0 Å². The van der Waals surface area contributed by atoms with Crippen LogP contribution in [-0.2, 0) is 16.0 Å². The molecule has 1 unspecified atom stereocenters. The zero-order valence-electron chi connectivity index (χ0n) is 18.6. The van der Waals surface area contributed by atoms with Crippen molar-refractivity contribution in [3.05, 3.63) is 126 Å². The maximum atomic E-state index is 13.8. The quantitative estimate of drug-likeness (QED) is 0.238. The first-order valence-corrected chi connectivity index (χ1v) is 13.4. The Hall–Kier alpha value is -2.93. The van der Waals surface area contributed by atoms with E-state index in [1.165, 1.54) is 0 Å². The van der Waals surface area contributed by atoms with Crippen LogP contribution in [0.2, 0.25) is 5.02 Å². The first kappa shape index (κ1) is 23.2. The molecule has 4 rings (SSSR count). The van der Waals surface area contributed by atoms with Gasteiger partial charge < -0.3 is 4.74 Å². The van der Waals surface area contributed by atoms with Crippen LogP contribution in [0.5, 0.6) is 0 Å². The Morgan fingerprint density at radius 3 is 1.58 bits per heavy atom. The van der Waals surface area contributed by atoms with E-state index in [0.29, 0.717) is 18.1 Å². The Labute approximate surface area is 201 Å². The first-order valence-electron chi connectivity index (χ1n) is 11.1. The Morgan fingerprint density at radius 1 is 0.727 bits per heavy atom. The fraction of sp³-hybridized carbons (Fsp3) is 0.138. The highest BCUT2D eigenvalue weighted by atomic mass is 35.5. The highest BCUT2D eigenvalue weighted by Crippen LogP contribution is 2.61. The summed E-state index contributed by atoms with van der Waals surface area (Å²) >= 11 is 6.60. The molecule has 0 bridgehead atoms. The number of hydrogen-bond donors (Lipinski definition) is 0. The summed E-state index contributed by atoms with van der Waals surface area (Å²) in [7, 11) is -2.47. The zero-order valence-corrected chi connectivity index (χ0v) is 20.3. The Kier molecular flexibility index (Phi) is 7.60. The highest BCUT2D eigenvalue weighted by molar-refractivity contribution is 7.96. The van der Waals surface area contributed by atoms with Crippen LogP contribution in [0.1, 0.15) is 12.5 Å². The largest absolute Gasteiger partial charge is 0.463 e. The van der Waals surface area contributed by atoms with Crippen LogP contribution in [0.15, 0.2) is 115 Å². The topological polar surface area (TPSA) is 26.3 Å². The number of carbonyl (C=O) groups is 1. The van der Waals surface area contributed by atoms with Gasteiger partial charge in [0, 0.05) is 11.4 Å². The molecule has 4 heteroatoms. The molecule has 0 radical (unpaired) electrons. The van der Waals surface area contributed by atoms with E-state index in [-0.39, 0.29) is 5.97 Å². The molecule has 0 aliphatic carbocycles. The van der Waals surface area contributed by atoms with Crippen molar-refractivity contribution in [2.75, 3.05) is 6.61 Å². The molecule has 0 aromatic heterocycles. The van der Waals surface area contributed by atoms with Crippen molar-refractivity contribution < 1.29 is 9.53 Å². The first-order chi connectivity index (χ1) is 16.2. The molecule has 2 nitrogen and oxygen atoms in total. The molecule has 0 spiro atoms. The van der Waals surface area contributed by atoms with E-state index in [1.54, 1.807) is 0 Å². The SMILES string of the molecule is CCOC(=O)C(Cc1ccccc1Cl)[P+](c1ccccc1)(c1ccccc1)c1ccccc1. The maximum Gasteiger partial charge on any atom is 0.348 e. The smallest absolute Gasteiger partial charge is 0.348 e. The number of halogens is 1. The molecule has 0 saturated heterocycles. The minimum Gasteiger partial charge on any atom is -0.463 e. The number of esters is 1. The molecule has 0 heterocycles. The van der Waals surface area contributed by atoms with Gasteiger partial charge in [0.05, 0.1) is 6.61 Å². The van der Waals surface area contributed by atoms with Crippen LogP contribution in [0.3, 0.4) is 0 Å². The monoisotopic (exact) mass is 473 g/mol. The second-order valence-electron chi connectivity index (χ2n) is 7.79. The Morgan fingerprint density at radius 2 is 1.15 bits per heavy atom. The molecule has 33 heavy (non-hydrogen) atoms. The van der Waals surface area contributed by atoms with Gasteiger partial charge in [-0.3, -0.25) is 0 Å². The number of benzene rings is 4. The van der Waals surface area contributed by atoms with Crippen molar-refractivity contribution in [1.29, 1.82) is 0 Å². The van der Waals surface area contributed by atoms with Gasteiger partial charge in [0.25, 0.3) is 0 Å². The molecule has 1 atom stereocenters. The third-order valence-electron chi connectivity index (χ3n) is 5.89. The van der Waals surface area contributed by atoms with Crippen molar-refractivity contribution in [3.8, 4) is 0 Å². The fourth-order valence-corrected chi connectivity index (χ4v) is 9.44. The minimum absolute atomic E-state index is 0.192. The van der Waals surface area contributed by atoms with Gasteiger partial charge >= 0.3 is 5.97 Å². The number of ether oxygens (including phenoxy) is 1. The van der Waals surface area contributed by atoms with Crippen molar-refractivity contribution in [3.63, 3.8) is 0 Å². The van der Waals surface area contributed by atoms with Crippen molar-refractivity contribution >= 4 is 40.7 Å². The van der Waals surface area contributed by atoms with Crippen LogP contribution in [0, 0.1) is 0 Å². The number of rotatable bonds is 8. The van der Waals surface area contributed by atoms with Gasteiger partial charge in [-0.05, 0) is 55.0 Å². The van der Waals surface area contributed by atoms with Crippen LogP contribution in [-0.4, -0.2) is 18.2 Å². The van der Waals surface area contributed by atoms with Gasteiger partial charge in [0.2, 0.25) is 0 Å². The van der Waals surface area contributed by atoms with Gasteiger partial charge in [0.15, 0.2) is 5.66 Å². The van der Waals surface area contributed by atoms with E-state index in [4.69, 9.17) is 16.3 Å². The van der Waals surface area contributed by atoms with Gasteiger partial charge in [-0.15, -0.1) is 0 Å². The average molecular weight is 474 g/mol. The second kappa shape index (κ2) is 10.8. The van der Waals surface area contributed by atoms with Crippen LogP contribution >= 0.6 is 18.9 Å². The standard InChI is InChI=1S/C29H27ClO2P/c1-2-32-29(31)28(22-23-14-12-13-21-27(23)30)33(24-15-6-3-7-16-24,25-17-8-4-9-18-25)26-19-10-5-11-20-26/h3-21,28H,2,22H2,1H3/q+1. The summed E-state index contributed by atoms with van der Waals surface area (Å²) < 4.78 is 5.73. The summed E-state index contributed by atoms with van der Waals surface area (Å²) in [6, 6.07) is 39.0. The summed E-state index contributed by atoms with van der Waals surface area (Å²) in [4.78, 5) is 13.8. The lowest BCUT2D eigenvalue weighted by atomic mass is 10.1. The molecular weight excluding hydrogens is 447 g/mol. The van der Waals surface area contributed by atoms with Gasteiger partial charge in [-0.25, -0.2) is 4.79 Å². The lowest BCUT2D eigenvalue weighted by Crippen LogP contribution is -2.44. The molecule has 0 fully saturated rings. The minimum atomic E-state index is -2.47. The van der Waals surface area contributed by atoms with Crippen LogP contribution < -0.4 is 15.9 Å². The lowest BCUT2D eigenvalue weighted by molar-refractivity contribution is -0.142. The maximum absolute atomic E-state index is 13.8. The van der Waals surface area contributed by atoms with Gasteiger partial charge in [0.1, 0.15) is 23.2 Å². The molecule has 166 valence electrons. The van der Waals surface area contributed by atoms with E-state index < -0.39 is 12.9 Å². The lowest BCUT2D eigenvalue weighted by Gasteiger charge is -2.33. The molecule has 4 aromatic carbocycles. The third-order valence-corrected chi connectivity index (χ3v) is 10.9. The van der Waals surface area contributed by atoms with Crippen molar-refractivity contribution in [2.24, 2.45) is 0 Å². The van der Waals surface area contributed by atoms with E-state index in [0.717, 1.165) is 21.5 Å². The number of hydrogen-bond acceptors (Lipinski definition) is 2. The van der Waals surface area contributed by atoms with E-state index in [9.17, 15) is 4.79 Å². The summed E-state index contributed by atoms with van der Waals surface area (Å²) in [5, 5.41) is 4.10. The Balaban J connectivity index is 2.06. The summed E-state index contributed by atoms with van der Waals surface area (Å²) in [6.07, 6.45) is 0.491. The predicted octanol–water partition coefficient (Wildman–Crippen LogP) is 5.81. The average Bonchev–Trinajstić information content (AvgIpc) is 2.87. The molecule has 0 amide bonds. The second-order valence-corrected chi connectivity index (χ2v) is 11.8. The summed E-state index contributed by atoms with van der Waals surface area (Å²) in [5.41, 5.74) is 0.522. The summed E-state index contributed by atoms with van der Waals surface area (Å²) in [6.45, 7) is 2.19. The normalized spacial score (nSPS) is 12.2. The highest BCUT2D eigenvalue weighted by Gasteiger charge is 2.56. The van der Waals surface area contributed by atoms with Crippen molar-refractivity contribution in [1.82, 2.24) is 0 Å². The van der Waals surface area contributed by atoms with Crippen molar-refractivity contribution in [2.45, 2.75) is 19.0 Å². The molecule has 0 aliphatic heterocycles. The van der Waals surface area contributed by atoms with E-state index >= 15 is 0 Å². The van der Waals surface area contributed by atoms with E-state index in [2.05, 4.69) is 36.4 Å². The van der Waals surface area contributed by atoms with Gasteiger partial charge in [-0.1, -0.05) is 84.4 Å². The molecular formula is C29H27ClO2P+. The van der Waals surface area contributed by atoms with Gasteiger partial charge in [-0.2, -0.15) is 0 Å². The summed E-state index contributed by atoms with van der Waals surface area (Å²) in [5.74, 6) is -0.192. The predicted molar refractivity (Wildman–Crippen MR) is 141 cm³/mol. The Bertz CT molecular complexity index is 1080. The molecule has 4 aromatic rings. The molecule has 0 N–H and O–H groups in total. The molecule has 0 aliphatic rings. The number of carbonyl (C=O) groups excluding carboxylic acids is 1. The van der Waals surface area contributed by atoms with Crippen LogP contribution in [0.4, 0.5) is 0 Å². The third kappa shape index (κ3) is 4.74. The fourth-order valence-electron chi connectivity index (χ4n) is 4.47. The van der Waals surface area contributed by atoms with E-state index in [1.807, 2.05) is 85.8 Å².